The Morgan fingerprint density at radius 1 is 1.38 bits per heavy atom. The number of aliphatic carboxylic acids is 1. The van der Waals surface area contributed by atoms with Crippen LogP contribution in [-0.2, 0) is 19.1 Å². The number of carboxylic acid groups (broad SMARTS) is 1. The van der Waals surface area contributed by atoms with E-state index in [4.69, 9.17) is 16.6 Å². The van der Waals surface area contributed by atoms with E-state index < -0.39 is 35.7 Å². The molecule has 1 aliphatic carbocycles. The Morgan fingerprint density at radius 2 is 2.00 bits per heavy atom. The van der Waals surface area contributed by atoms with Crippen molar-refractivity contribution in [2.45, 2.75) is 62.8 Å². The number of rotatable bonds is 8. The molecule has 0 aromatic rings. The maximum atomic E-state index is 12.5. The smallest absolute Gasteiger partial charge is 0.334 e. The van der Waals surface area contributed by atoms with Gasteiger partial charge in [0.2, 0.25) is 0 Å². The summed E-state index contributed by atoms with van der Waals surface area (Å²) in [4.78, 5) is 35.4. The summed E-state index contributed by atoms with van der Waals surface area (Å²) in [6.07, 6.45) is 3.76. The number of esters is 1. The molecule has 7 nitrogen and oxygen atoms in total. The molecule has 1 saturated carbocycles. The molecule has 1 rings (SSSR count). The zero-order valence-corrected chi connectivity index (χ0v) is 15.4. The molecular weight excluding hydrogens is 332 g/mol. The largest absolute Gasteiger partial charge is 0.481 e. The zero-order valence-electron chi connectivity index (χ0n) is 14.5. The molecule has 0 heterocycles. The average Bonchev–Trinajstić information content (AvgIpc) is 2.50. The predicted molar refractivity (Wildman–Crippen MR) is 92.7 cm³/mol. The minimum atomic E-state index is -1.93. The molecule has 24 heavy (non-hydrogen) atoms. The van der Waals surface area contributed by atoms with E-state index in [1.807, 2.05) is 0 Å². The van der Waals surface area contributed by atoms with E-state index in [1.165, 1.54) is 11.8 Å². The fraction of sp³-hybridized carbons (Fsp3) is 0.812. The van der Waals surface area contributed by atoms with E-state index in [9.17, 15) is 14.4 Å². The van der Waals surface area contributed by atoms with Crippen LogP contribution in [0.1, 0.15) is 46.0 Å². The van der Waals surface area contributed by atoms with Crippen LogP contribution < -0.4 is 11.5 Å². The van der Waals surface area contributed by atoms with Gasteiger partial charge in [-0.3, -0.25) is 9.59 Å². The van der Waals surface area contributed by atoms with Crippen molar-refractivity contribution in [3.63, 3.8) is 0 Å². The average molecular weight is 360 g/mol. The number of carbonyl (C=O) groups excluding carboxylic acids is 2. The zero-order chi connectivity index (χ0) is 18.5. The summed E-state index contributed by atoms with van der Waals surface area (Å²) in [6.45, 7) is 4.33. The highest BCUT2D eigenvalue weighted by Crippen LogP contribution is 2.43. The van der Waals surface area contributed by atoms with Crippen LogP contribution in [-0.4, -0.2) is 52.5 Å². The SMILES string of the molecule is COC(=O)[C@@](N)(CSC1CCCCC1(C)C)C(=O)[C@@H](N)CC(=O)O. The van der Waals surface area contributed by atoms with Crippen LogP contribution in [0.25, 0.3) is 0 Å². The van der Waals surface area contributed by atoms with Crippen molar-refractivity contribution in [2.24, 2.45) is 16.9 Å². The van der Waals surface area contributed by atoms with Gasteiger partial charge in [-0.2, -0.15) is 11.8 Å². The Kier molecular flexibility index (Phi) is 7.25. The van der Waals surface area contributed by atoms with Gasteiger partial charge in [0, 0.05) is 11.0 Å². The van der Waals surface area contributed by atoms with E-state index in [1.54, 1.807) is 0 Å². The van der Waals surface area contributed by atoms with Crippen LogP contribution in [0.5, 0.6) is 0 Å². The van der Waals surface area contributed by atoms with Gasteiger partial charge >= 0.3 is 11.9 Å². The number of methoxy groups -OCH3 is 1. The molecule has 8 heteroatoms. The number of nitrogens with two attached hydrogens (primary N) is 2. The second-order valence-corrected chi connectivity index (χ2v) is 8.26. The third kappa shape index (κ3) is 4.94. The van der Waals surface area contributed by atoms with E-state index >= 15 is 0 Å². The van der Waals surface area contributed by atoms with Gasteiger partial charge < -0.3 is 21.3 Å². The van der Waals surface area contributed by atoms with Gasteiger partial charge in [-0.05, 0) is 18.3 Å². The number of thioether (sulfide) groups is 1. The van der Waals surface area contributed by atoms with Gasteiger partial charge in [0.25, 0.3) is 0 Å². The Morgan fingerprint density at radius 3 is 2.50 bits per heavy atom. The number of carboxylic acids is 1. The normalized spacial score (nSPS) is 23.8. The maximum Gasteiger partial charge on any atom is 0.334 e. The molecule has 138 valence electrons. The Labute approximate surface area is 146 Å². The number of hydrogen-bond donors (Lipinski definition) is 3. The highest BCUT2D eigenvalue weighted by Gasteiger charge is 2.47. The monoisotopic (exact) mass is 360 g/mol. The molecule has 0 spiro atoms. The highest BCUT2D eigenvalue weighted by molar-refractivity contribution is 8.00. The summed E-state index contributed by atoms with van der Waals surface area (Å²) >= 11 is 1.47. The molecule has 1 fully saturated rings. The number of ether oxygens (including phenoxy) is 1. The van der Waals surface area contributed by atoms with Crippen LogP contribution in [0.2, 0.25) is 0 Å². The fourth-order valence-corrected chi connectivity index (χ4v) is 4.65. The second-order valence-electron chi connectivity index (χ2n) is 7.07. The topological polar surface area (TPSA) is 133 Å². The summed E-state index contributed by atoms with van der Waals surface area (Å²) in [5.74, 6) is -2.86. The lowest BCUT2D eigenvalue weighted by Gasteiger charge is -2.39. The lowest BCUT2D eigenvalue weighted by Crippen LogP contribution is -2.63. The van der Waals surface area contributed by atoms with Crippen molar-refractivity contribution < 1.29 is 24.2 Å². The van der Waals surface area contributed by atoms with Crippen LogP contribution in [0.15, 0.2) is 0 Å². The summed E-state index contributed by atoms with van der Waals surface area (Å²) in [6, 6.07) is -1.34. The summed E-state index contributed by atoms with van der Waals surface area (Å²) < 4.78 is 4.68. The van der Waals surface area contributed by atoms with Gasteiger partial charge in [0.15, 0.2) is 11.3 Å². The molecular formula is C16H28N2O5S. The van der Waals surface area contributed by atoms with Crippen molar-refractivity contribution in [3.05, 3.63) is 0 Å². The van der Waals surface area contributed by atoms with Crippen LogP contribution >= 0.6 is 11.8 Å². The lowest BCUT2D eigenvalue weighted by atomic mass is 9.77. The van der Waals surface area contributed by atoms with Crippen LogP contribution in [0.4, 0.5) is 0 Å². The molecule has 5 N–H and O–H groups in total. The third-order valence-electron chi connectivity index (χ3n) is 4.64. The molecule has 1 unspecified atom stereocenters. The van der Waals surface area contributed by atoms with E-state index in [2.05, 4.69) is 18.6 Å². The molecule has 0 amide bonds. The van der Waals surface area contributed by atoms with Gasteiger partial charge in [0.1, 0.15) is 0 Å². The van der Waals surface area contributed by atoms with E-state index in [-0.39, 0.29) is 16.4 Å². The summed E-state index contributed by atoms with van der Waals surface area (Å²) in [7, 11) is 1.15. The van der Waals surface area contributed by atoms with Gasteiger partial charge in [-0.1, -0.05) is 26.7 Å². The maximum absolute atomic E-state index is 12.5. The van der Waals surface area contributed by atoms with Crippen LogP contribution in [0, 0.1) is 5.41 Å². The van der Waals surface area contributed by atoms with Gasteiger partial charge in [0.05, 0.1) is 19.6 Å². The molecule has 0 radical (unpaired) electrons. The van der Waals surface area contributed by atoms with E-state index in [0.29, 0.717) is 0 Å². The quantitative estimate of drug-likeness (QED) is 0.430. The Bertz CT molecular complexity index is 497. The molecule has 0 aromatic carbocycles. The number of hydrogen-bond acceptors (Lipinski definition) is 7. The summed E-state index contributed by atoms with van der Waals surface area (Å²) in [5.41, 5.74) is 9.85. The predicted octanol–water partition coefficient (Wildman–Crippen LogP) is 0.930. The second kappa shape index (κ2) is 8.31. The van der Waals surface area contributed by atoms with Gasteiger partial charge in [-0.25, -0.2) is 4.79 Å². The highest BCUT2D eigenvalue weighted by atomic mass is 32.2. The molecule has 0 saturated heterocycles. The first-order chi connectivity index (χ1) is 11.0. The van der Waals surface area contributed by atoms with Crippen molar-refractivity contribution in [3.8, 4) is 0 Å². The minimum Gasteiger partial charge on any atom is -0.481 e. The summed E-state index contributed by atoms with van der Waals surface area (Å²) in [5, 5.41) is 9.07. The lowest BCUT2D eigenvalue weighted by molar-refractivity contribution is -0.151. The Balaban J connectivity index is 2.89. The van der Waals surface area contributed by atoms with Crippen molar-refractivity contribution in [1.82, 2.24) is 0 Å². The van der Waals surface area contributed by atoms with Crippen molar-refractivity contribution in [2.75, 3.05) is 12.9 Å². The first kappa shape index (κ1) is 20.9. The first-order valence-electron chi connectivity index (χ1n) is 8.05. The Hall–Kier alpha value is -1.12. The van der Waals surface area contributed by atoms with Crippen LogP contribution in [0.3, 0.4) is 0 Å². The number of Topliss-reactive ketones (excluding diaryl/α,β-unsaturated/α-hetero) is 1. The van der Waals surface area contributed by atoms with Gasteiger partial charge in [-0.15, -0.1) is 0 Å². The fourth-order valence-electron chi connectivity index (χ4n) is 3.03. The molecule has 0 bridgehead atoms. The minimum absolute atomic E-state index is 0.0277. The standard InChI is InChI=1S/C16H28N2O5S/c1-15(2)7-5-4-6-11(15)24-9-16(18,14(22)23-3)13(21)10(17)8-12(19)20/h10-11H,4-9,17-18H2,1-3H3,(H,19,20)/t10-,11?,16+/m0/s1. The van der Waals surface area contributed by atoms with E-state index in [0.717, 1.165) is 32.8 Å². The number of carbonyl (C=O) groups is 3. The molecule has 1 aliphatic rings. The molecule has 0 aliphatic heterocycles. The van der Waals surface area contributed by atoms with Crippen molar-refractivity contribution >= 4 is 29.5 Å². The third-order valence-corrected chi connectivity index (χ3v) is 6.54. The number of ketones is 1. The first-order valence-corrected chi connectivity index (χ1v) is 9.10. The molecule has 3 atom stereocenters. The van der Waals surface area contributed by atoms with Crippen molar-refractivity contribution in [1.29, 1.82) is 0 Å². The molecule has 0 aromatic heterocycles.